The number of hydrogen-bond acceptors (Lipinski definition) is 3. The van der Waals surface area contributed by atoms with Gasteiger partial charge in [0.05, 0.1) is 0 Å². The van der Waals surface area contributed by atoms with Crippen LogP contribution in [0.4, 0.5) is 5.82 Å². The second-order valence-corrected chi connectivity index (χ2v) is 7.21. The van der Waals surface area contributed by atoms with Gasteiger partial charge in [0, 0.05) is 31.8 Å². The molecule has 2 amide bonds. The van der Waals surface area contributed by atoms with Gasteiger partial charge in [-0.1, -0.05) is 18.6 Å². The van der Waals surface area contributed by atoms with Gasteiger partial charge in [-0.3, -0.25) is 9.59 Å². The van der Waals surface area contributed by atoms with Crippen LogP contribution in [0.1, 0.15) is 37.3 Å². The van der Waals surface area contributed by atoms with E-state index >= 15 is 0 Å². The van der Waals surface area contributed by atoms with Crippen molar-refractivity contribution in [3.8, 4) is 0 Å². The van der Waals surface area contributed by atoms with Gasteiger partial charge in [0.2, 0.25) is 11.8 Å². The number of carbonyl (C=O) groups excluding carboxylic acids is 2. The van der Waals surface area contributed by atoms with E-state index in [-0.39, 0.29) is 11.8 Å². The molecule has 1 fully saturated rings. The van der Waals surface area contributed by atoms with Crippen molar-refractivity contribution in [2.45, 2.75) is 32.6 Å². The van der Waals surface area contributed by atoms with Crippen molar-refractivity contribution in [1.29, 1.82) is 0 Å². The van der Waals surface area contributed by atoms with Crippen molar-refractivity contribution in [3.05, 3.63) is 41.1 Å². The number of rotatable bonds is 3. The van der Waals surface area contributed by atoms with Gasteiger partial charge in [-0.25, -0.2) is 4.98 Å². The van der Waals surface area contributed by atoms with Crippen LogP contribution in [0, 0.1) is 11.8 Å². The van der Waals surface area contributed by atoms with Crippen LogP contribution in [0.15, 0.2) is 30.0 Å². The number of aryl methyl sites for hydroxylation is 1. The Morgan fingerprint density at radius 3 is 3.08 bits per heavy atom. The molecular weight excluding hydrogens is 314 g/mol. The topological polar surface area (TPSA) is 62.3 Å². The maximum atomic E-state index is 12.5. The van der Waals surface area contributed by atoms with Gasteiger partial charge < -0.3 is 10.2 Å². The molecule has 0 radical (unpaired) electrons. The average Bonchev–Trinajstić information content (AvgIpc) is 3.18. The molecule has 0 saturated carbocycles. The lowest BCUT2D eigenvalue weighted by Gasteiger charge is -2.16. The highest BCUT2D eigenvalue weighted by Gasteiger charge is 2.36. The predicted octanol–water partition coefficient (Wildman–Crippen LogP) is 2.79. The van der Waals surface area contributed by atoms with Crippen molar-refractivity contribution >= 4 is 23.7 Å². The second-order valence-electron chi connectivity index (χ2n) is 7.21. The van der Waals surface area contributed by atoms with E-state index in [1.165, 1.54) is 0 Å². The first-order valence-corrected chi connectivity index (χ1v) is 9.07. The predicted molar refractivity (Wildman–Crippen MR) is 96.8 cm³/mol. The van der Waals surface area contributed by atoms with E-state index in [9.17, 15) is 9.59 Å². The molecule has 1 aromatic heterocycles. The van der Waals surface area contributed by atoms with E-state index in [2.05, 4.69) is 23.3 Å². The van der Waals surface area contributed by atoms with Gasteiger partial charge in [0.15, 0.2) is 0 Å². The lowest BCUT2D eigenvalue weighted by Crippen LogP contribution is -2.27. The van der Waals surface area contributed by atoms with E-state index in [0.717, 1.165) is 37.1 Å². The Kier molecular flexibility index (Phi) is 4.15. The zero-order chi connectivity index (χ0) is 17.4. The van der Waals surface area contributed by atoms with Crippen LogP contribution in [0.3, 0.4) is 0 Å². The molecule has 4 rings (SSSR count). The van der Waals surface area contributed by atoms with Crippen LogP contribution < -0.4 is 5.32 Å². The molecule has 0 aromatic carbocycles. The van der Waals surface area contributed by atoms with Gasteiger partial charge in [0.1, 0.15) is 5.82 Å². The SMILES string of the molecule is CCC1=CC2CN(C(=O)/C=C/c3cnc4c(c3)CCC(=O)N4)CC2C1. The number of anilines is 1. The van der Waals surface area contributed by atoms with Crippen molar-refractivity contribution in [2.24, 2.45) is 11.8 Å². The molecule has 0 spiro atoms. The third-order valence-corrected chi connectivity index (χ3v) is 5.52. The summed E-state index contributed by atoms with van der Waals surface area (Å²) in [5.74, 6) is 1.89. The number of fused-ring (bicyclic) bond motifs is 2. The van der Waals surface area contributed by atoms with Crippen molar-refractivity contribution < 1.29 is 9.59 Å². The fourth-order valence-electron chi connectivity index (χ4n) is 4.09. The molecule has 5 heteroatoms. The Morgan fingerprint density at radius 1 is 1.40 bits per heavy atom. The van der Waals surface area contributed by atoms with Gasteiger partial charge in [-0.2, -0.15) is 0 Å². The first-order chi connectivity index (χ1) is 12.1. The van der Waals surface area contributed by atoms with E-state index in [1.54, 1.807) is 17.8 Å². The third-order valence-electron chi connectivity index (χ3n) is 5.52. The third kappa shape index (κ3) is 3.23. The molecule has 1 aromatic rings. The lowest BCUT2D eigenvalue weighted by atomic mass is 10.00. The van der Waals surface area contributed by atoms with Gasteiger partial charge in [0.25, 0.3) is 0 Å². The summed E-state index contributed by atoms with van der Waals surface area (Å²) in [5, 5.41) is 2.77. The van der Waals surface area contributed by atoms with Gasteiger partial charge in [-0.15, -0.1) is 0 Å². The molecule has 3 aliphatic rings. The van der Waals surface area contributed by atoms with Crippen LogP contribution in [-0.4, -0.2) is 34.8 Å². The van der Waals surface area contributed by atoms with Crippen LogP contribution in [0.2, 0.25) is 0 Å². The van der Waals surface area contributed by atoms with Crippen LogP contribution in [0.5, 0.6) is 0 Å². The first-order valence-electron chi connectivity index (χ1n) is 9.07. The molecule has 1 saturated heterocycles. The standard InChI is InChI=1S/C20H23N3O2/c1-2-13-7-16-11-23(12-17(16)8-13)19(25)6-3-14-9-15-4-5-18(24)22-20(15)21-10-14/h3,6-7,9-10,16-17H,2,4-5,8,11-12H2,1H3,(H,21,22,24)/b6-3+. The number of nitrogens with zero attached hydrogens (tertiary/aromatic N) is 2. The number of aromatic nitrogens is 1. The van der Waals surface area contributed by atoms with Crippen molar-refractivity contribution in [3.63, 3.8) is 0 Å². The number of pyridine rings is 1. The smallest absolute Gasteiger partial charge is 0.246 e. The van der Waals surface area contributed by atoms with Crippen molar-refractivity contribution in [2.75, 3.05) is 18.4 Å². The lowest BCUT2D eigenvalue weighted by molar-refractivity contribution is -0.125. The molecule has 3 heterocycles. The summed E-state index contributed by atoms with van der Waals surface area (Å²) in [5.41, 5.74) is 3.47. The zero-order valence-electron chi connectivity index (χ0n) is 14.5. The second kappa shape index (κ2) is 6.47. The van der Waals surface area contributed by atoms with Gasteiger partial charge >= 0.3 is 0 Å². The fourth-order valence-corrected chi connectivity index (χ4v) is 4.09. The Bertz CT molecular complexity index is 781. The number of amides is 2. The maximum Gasteiger partial charge on any atom is 0.246 e. The quantitative estimate of drug-likeness (QED) is 0.681. The minimum absolute atomic E-state index is 0.0123. The summed E-state index contributed by atoms with van der Waals surface area (Å²) in [7, 11) is 0. The van der Waals surface area contributed by atoms with Crippen LogP contribution in [0.25, 0.3) is 6.08 Å². The normalized spacial score (nSPS) is 24.9. The number of allylic oxidation sites excluding steroid dienone is 1. The number of likely N-dealkylation sites (tertiary alicyclic amines) is 1. The largest absolute Gasteiger partial charge is 0.338 e. The Hall–Kier alpha value is -2.43. The highest BCUT2D eigenvalue weighted by molar-refractivity contribution is 5.94. The Morgan fingerprint density at radius 2 is 2.28 bits per heavy atom. The highest BCUT2D eigenvalue weighted by atomic mass is 16.2. The summed E-state index contributed by atoms with van der Waals surface area (Å²) in [6.45, 7) is 3.91. The number of carbonyl (C=O) groups is 2. The molecule has 0 bridgehead atoms. The number of nitrogens with one attached hydrogen (secondary N) is 1. The number of hydrogen-bond donors (Lipinski definition) is 1. The minimum Gasteiger partial charge on any atom is -0.338 e. The molecular formula is C20H23N3O2. The summed E-state index contributed by atoms with van der Waals surface area (Å²) in [6, 6.07) is 2.00. The van der Waals surface area contributed by atoms with E-state index < -0.39 is 0 Å². The zero-order valence-corrected chi connectivity index (χ0v) is 14.5. The minimum atomic E-state index is 0.0123. The molecule has 130 valence electrons. The molecule has 2 aliphatic heterocycles. The summed E-state index contributed by atoms with van der Waals surface area (Å²) in [4.78, 5) is 30.1. The van der Waals surface area contributed by atoms with E-state index in [0.29, 0.717) is 30.5 Å². The highest BCUT2D eigenvalue weighted by Crippen LogP contribution is 2.37. The molecule has 2 unspecified atom stereocenters. The maximum absolute atomic E-state index is 12.5. The Balaban J connectivity index is 1.40. The average molecular weight is 337 g/mol. The van der Waals surface area contributed by atoms with Crippen LogP contribution in [-0.2, 0) is 16.0 Å². The summed E-state index contributed by atoms with van der Waals surface area (Å²) >= 11 is 0. The monoisotopic (exact) mass is 337 g/mol. The van der Waals surface area contributed by atoms with E-state index in [4.69, 9.17) is 0 Å². The molecule has 2 atom stereocenters. The Labute approximate surface area is 147 Å². The summed E-state index contributed by atoms with van der Waals surface area (Å²) < 4.78 is 0. The summed E-state index contributed by atoms with van der Waals surface area (Å²) in [6.07, 6.45) is 11.0. The van der Waals surface area contributed by atoms with E-state index in [1.807, 2.05) is 17.0 Å². The van der Waals surface area contributed by atoms with Crippen LogP contribution >= 0.6 is 0 Å². The first kappa shape index (κ1) is 16.1. The fraction of sp³-hybridized carbons (Fsp3) is 0.450. The molecule has 1 N–H and O–H groups in total. The molecule has 25 heavy (non-hydrogen) atoms. The molecule has 5 nitrogen and oxygen atoms in total. The van der Waals surface area contributed by atoms with Crippen molar-refractivity contribution in [1.82, 2.24) is 9.88 Å². The molecule has 1 aliphatic carbocycles. The van der Waals surface area contributed by atoms with Gasteiger partial charge in [-0.05, 0) is 54.4 Å².